The van der Waals surface area contributed by atoms with Crippen LogP contribution in [0.5, 0.6) is 5.75 Å². The Kier molecular flexibility index (Phi) is 3.89. The van der Waals surface area contributed by atoms with Crippen molar-refractivity contribution in [2.75, 3.05) is 0 Å². The molecule has 1 aromatic carbocycles. The van der Waals surface area contributed by atoms with E-state index < -0.39 is 5.82 Å². The van der Waals surface area contributed by atoms with Crippen molar-refractivity contribution in [3.05, 3.63) is 40.2 Å². The highest BCUT2D eigenvalue weighted by atomic mass is 79.9. The molecule has 0 atom stereocenters. The van der Waals surface area contributed by atoms with Gasteiger partial charge in [0.2, 0.25) is 0 Å². The van der Waals surface area contributed by atoms with Gasteiger partial charge in [0.1, 0.15) is 0 Å². The van der Waals surface area contributed by atoms with Crippen molar-refractivity contribution in [1.29, 1.82) is 0 Å². The van der Waals surface area contributed by atoms with Gasteiger partial charge in [-0.3, -0.25) is 0 Å². The molecule has 0 spiro atoms. The zero-order valence-corrected chi connectivity index (χ0v) is 12.5. The number of hydrogen-bond acceptors (Lipinski definition) is 4. The lowest BCUT2D eigenvalue weighted by molar-refractivity contribution is 0.233. The van der Waals surface area contributed by atoms with Gasteiger partial charge in [0.15, 0.2) is 24.0 Å². The average molecular weight is 329 g/mol. The van der Waals surface area contributed by atoms with Crippen LogP contribution in [-0.2, 0) is 12.0 Å². The summed E-state index contributed by atoms with van der Waals surface area (Å²) in [5, 5.41) is 3.87. The molecule has 0 fully saturated rings. The predicted octanol–water partition coefficient (Wildman–Crippen LogP) is 3.85. The van der Waals surface area contributed by atoms with E-state index in [2.05, 4.69) is 26.1 Å². The molecular formula is C13H14BrFN2O2. The smallest absolute Gasteiger partial charge is 0.264 e. The molecule has 0 bridgehead atoms. The molecular weight excluding hydrogens is 315 g/mol. The van der Waals surface area contributed by atoms with Gasteiger partial charge in [-0.25, -0.2) is 4.39 Å². The van der Waals surface area contributed by atoms with Crippen LogP contribution in [0, 0.1) is 5.82 Å². The van der Waals surface area contributed by atoms with Crippen molar-refractivity contribution in [2.24, 2.45) is 0 Å². The zero-order valence-electron chi connectivity index (χ0n) is 10.9. The summed E-state index contributed by atoms with van der Waals surface area (Å²) >= 11 is 3.18. The van der Waals surface area contributed by atoms with Crippen LogP contribution in [0.2, 0.25) is 0 Å². The fourth-order valence-corrected chi connectivity index (χ4v) is 1.68. The van der Waals surface area contributed by atoms with Gasteiger partial charge in [0.25, 0.3) is 5.89 Å². The van der Waals surface area contributed by atoms with Gasteiger partial charge in [-0.1, -0.05) is 41.9 Å². The zero-order chi connectivity index (χ0) is 14.0. The predicted molar refractivity (Wildman–Crippen MR) is 71.4 cm³/mol. The standard InChI is InChI=1S/C13H14BrFN2O2/c1-13(2,3)12-16-11(19-17-12)7-18-10-5-4-8(14)6-9(10)15/h4-6H,7H2,1-3H3. The molecule has 0 aliphatic carbocycles. The molecule has 0 amide bonds. The summed E-state index contributed by atoms with van der Waals surface area (Å²) in [6.07, 6.45) is 0. The molecule has 0 unspecified atom stereocenters. The van der Waals surface area contributed by atoms with Crippen molar-refractivity contribution in [1.82, 2.24) is 10.1 Å². The first-order chi connectivity index (χ1) is 8.86. The monoisotopic (exact) mass is 328 g/mol. The van der Waals surface area contributed by atoms with Crippen molar-refractivity contribution in [2.45, 2.75) is 32.8 Å². The van der Waals surface area contributed by atoms with Crippen molar-refractivity contribution < 1.29 is 13.7 Å². The van der Waals surface area contributed by atoms with Gasteiger partial charge in [-0.2, -0.15) is 4.98 Å². The van der Waals surface area contributed by atoms with E-state index in [0.717, 1.165) is 0 Å². The third-order valence-electron chi connectivity index (χ3n) is 2.38. The normalized spacial score (nSPS) is 11.6. The lowest BCUT2D eigenvalue weighted by Crippen LogP contribution is -2.13. The van der Waals surface area contributed by atoms with Crippen LogP contribution in [0.15, 0.2) is 27.2 Å². The summed E-state index contributed by atoms with van der Waals surface area (Å²) in [4.78, 5) is 4.21. The minimum absolute atomic E-state index is 0.0433. The van der Waals surface area contributed by atoms with Gasteiger partial charge in [0, 0.05) is 9.89 Å². The maximum atomic E-state index is 13.5. The molecule has 2 aromatic rings. The van der Waals surface area contributed by atoms with Crippen LogP contribution in [0.25, 0.3) is 0 Å². The molecule has 0 radical (unpaired) electrons. The third-order valence-corrected chi connectivity index (χ3v) is 2.88. The minimum Gasteiger partial charge on any atom is -0.481 e. The second-order valence-corrected chi connectivity index (χ2v) is 6.04. The van der Waals surface area contributed by atoms with E-state index in [0.29, 0.717) is 16.2 Å². The van der Waals surface area contributed by atoms with Gasteiger partial charge in [-0.05, 0) is 18.2 Å². The summed E-state index contributed by atoms with van der Waals surface area (Å²) in [6.45, 7) is 5.99. The number of aromatic nitrogens is 2. The fraction of sp³-hybridized carbons (Fsp3) is 0.385. The maximum absolute atomic E-state index is 13.5. The van der Waals surface area contributed by atoms with Crippen molar-refractivity contribution >= 4 is 15.9 Å². The molecule has 0 aliphatic heterocycles. The van der Waals surface area contributed by atoms with Gasteiger partial charge >= 0.3 is 0 Å². The number of ether oxygens (including phenoxy) is 1. The molecule has 0 aliphatic rings. The van der Waals surface area contributed by atoms with Gasteiger partial charge < -0.3 is 9.26 Å². The minimum atomic E-state index is -0.440. The van der Waals surface area contributed by atoms with E-state index in [9.17, 15) is 4.39 Å². The Morgan fingerprint density at radius 3 is 2.68 bits per heavy atom. The third kappa shape index (κ3) is 3.53. The summed E-state index contributed by atoms with van der Waals surface area (Å²) in [5.41, 5.74) is -0.190. The lowest BCUT2D eigenvalue weighted by atomic mass is 9.96. The van der Waals surface area contributed by atoms with E-state index in [4.69, 9.17) is 9.26 Å². The fourth-order valence-electron chi connectivity index (χ4n) is 1.35. The molecule has 1 aromatic heterocycles. The molecule has 2 rings (SSSR count). The van der Waals surface area contributed by atoms with E-state index in [1.54, 1.807) is 12.1 Å². The number of nitrogens with zero attached hydrogens (tertiary/aromatic N) is 2. The van der Waals surface area contributed by atoms with Crippen LogP contribution in [0.3, 0.4) is 0 Å². The summed E-state index contributed by atoms with van der Waals surface area (Å²) in [6, 6.07) is 4.58. The van der Waals surface area contributed by atoms with E-state index in [-0.39, 0.29) is 17.8 Å². The highest BCUT2D eigenvalue weighted by Crippen LogP contribution is 2.23. The highest BCUT2D eigenvalue weighted by molar-refractivity contribution is 9.10. The summed E-state index contributed by atoms with van der Waals surface area (Å²) in [5.74, 6) is 0.637. The Morgan fingerprint density at radius 2 is 2.11 bits per heavy atom. The Bertz CT molecular complexity index is 578. The molecule has 19 heavy (non-hydrogen) atoms. The van der Waals surface area contributed by atoms with Crippen LogP contribution in [-0.4, -0.2) is 10.1 Å². The molecule has 0 saturated heterocycles. The topological polar surface area (TPSA) is 48.2 Å². The van der Waals surface area contributed by atoms with Gasteiger partial charge in [0.05, 0.1) is 0 Å². The quantitative estimate of drug-likeness (QED) is 0.858. The molecule has 6 heteroatoms. The van der Waals surface area contributed by atoms with Crippen LogP contribution in [0.4, 0.5) is 4.39 Å². The first kappa shape index (κ1) is 14.0. The second-order valence-electron chi connectivity index (χ2n) is 5.13. The molecule has 4 nitrogen and oxygen atoms in total. The summed E-state index contributed by atoms with van der Waals surface area (Å²) < 4.78 is 24.6. The molecule has 102 valence electrons. The number of rotatable bonds is 3. The average Bonchev–Trinajstić information content (AvgIpc) is 2.76. The Hall–Kier alpha value is -1.43. The molecule has 0 saturated carbocycles. The van der Waals surface area contributed by atoms with E-state index >= 15 is 0 Å². The second kappa shape index (κ2) is 5.28. The molecule has 0 N–H and O–H groups in total. The van der Waals surface area contributed by atoms with Gasteiger partial charge in [-0.15, -0.1) is 0 Å². The van der Waals surface area contributed by atoms with Crippen LogP contribution in [0.1, 0.15) is 32.5 Å². The molecule has 1 heterocycles. The largest absolute Gasteiger partial charge is 0.481 e. The SMILES string of the molecule is CC(C)(C)c1noc(COc2ccc(Br)cc2F)n1. The Balaban J connectivity index is 2.04. The Labute approximate surface area is 119 Å². The summed E-state index contributed by atoms with van der Waals surface area (Å²) in [7, 11) is 0. The van der Waals surface area contributed by atoms with Crippen molar-refractivity contribution in [3.63, 3.8) is 0 Å². The lowest BCUT2D eigenvalue weighted by Gasteiger charge is -2.10. The maximum Gasteiger partial charge on any atom is 0.264 e. The van der Waals surface area contributed by atoms with E-state index in [1.807, 2.05) is 20.8 Å². The van der Waals surface area contributed by atoms with Crippen molar-refractivity contribution in [3.8, 4) is 5.75 Å². The van der Waals surface area contributed by atoms with E-state index in [1.165, 1.54) is 6.07 Å². The van der Waals surface area contributed by atoms with Crippen LogP contribution < -0.4 is 4.74 Å². The first-order valence-electron chi connectivity index (χ1n) is 5.77. The first-order valence-corrected chi connectivity index (χ1v) is 6.56. The Morgan fingerprint density at radius 1 is 1.37 bits per heavy atom. The van der Waals surface area contributed by atoms with Crippen LogP contribution >= 0.6 is 15.9 Å². The number of hydrogen-bond donors (Lipinski definition) is 0. The number of halogens is 2. The number of benzene rings is 1. The highest BCUT2D eigenvalue weighted by Gasteiger charge is 2.21.